The maximum Gasteiger partial charge on any atom is 0.228 e. The Bertz CT molecular complexity index is 874. The summed E-state index contributed by atoms with van der Waals surface area (Å²) < 4.78 is 0. The lowest BCUT2D eigenvalue weighted by Gasteiger charge is -2.11. The van der Waals surface area contributed by atoms with Gasteiger partial charge in [-0.25, -0.2) is 0 Å². The first-order valence-electron chi connectivity index (χ1n) is 8.30. The third-order valence-electron chi connectivity index (χ3n) is 4.07. The standard InChI is InChI=1S/C22H21NOS/c1-16-12-13-18(14-17(16)2)15-22(24)23-20-10-6-7-11-21(20)25-19-8-4-3-5-9-19/h3-14H,15H2,1-2H3,(H,23,24). The van der Waals surface area contributed by atoms with Gasteiger partial charge in [0.2, 0.25) is 5.91 Å². The van der Waals surface area contributed by atoms with Crippen LogP contribution in [0.4, 0.5) is 5.69 Å². The number of carbonyl (C=O) groups excluding carboxylic acids is 1. The number of nitrogens with one attached hydrogen (secondary N) is 1. The van der Waals surface area contributed by atoms with E-state index in [-0.39, 0.29) is 5.91 Å². The second-order valence-electron chi connectivity index (χ2n) is 6.05. The Labute approximate surface area is 153 Å². The van der Waals surface area contributed by atoms with E-state index in [4.69, 9.17) is 0 Å². The maximum absolute atomic E-state index is 12.5. The molecule has 0 saturated carbocycles. The van der Waals surface area contributed by atoms with E-state index in [0.717, 1.165) is 21.0 Å². The van der Waals surface area contributed by atoms with E-state index in [0.29, 0.717) is 6.42 Å². The highest BCUT2D eigenvalue weighted by atomic mass is 32.2. The van der Waals surface area contributed by atoms with Crippen molar-refractivity contribution in [2.75, 3.05) is 5.32 Å². The molecule has 0 radical (unpaired) electrons. The van der Waals surface area contributed by atoms with Crippen LogP contribution in [0.5, 0.6) is 0 Å². The van der Waals surface area contributed by atoms with Crippen LogP contribution in [0.2, 0.25) is 0 Å². The van der Waals surface area contributed by atoms with Crippen molar-refractivity contribution in [1.29, 1.82) is 0 Å². The zero-order chi connectivity index (χ0) is 17.6. The number of hydrogen-bond donors (Lipinski definition) is 1. The Morgan fingerprint density at radius 1 is 0.880 bits per heavy atom. The van der Waals surface area contributed by atoms with Crippen LogP contribution in [0.1, 0.15) is 16.7 Å². The van der Waals surface area contributed by atoms with Crippen LogP contribution < -0.4 is 5.32 Å². The molecule has 3 aromatic carbocycles. The van der Waals surface area contributed by atoms with Crippen LogP contribution in [-0.4, -0.2) is 5.91 Å². The number of hydrogen-bond acceptors (Lipinski definition) is 2. The lowest BCUT2D eigenvalue weighted by Crippen LogP contribution is -2.15. The highest BCUT2D eigenvalue weighted by molar-refractivity contribution is 7.99. The summed E-state index contributed by atoms with van der Waals surface area (Å²) in [5.74, 6) is 0.00404. The molecule has 0 heterocycles. The van der Waals surface area contributed by atoms with Crippen LogP contribution in [0.15, 0.2) is 82.6 Å². The fourth-order valence-electron chi connectivity index (χ4n) is 2.57. The predicted octanol–water partition coefficient (Wildman–Crippen LogP) is 5.64. The Kier molecular flexibility index (Phi) is 5.56. The van der Waals surface area contributed by atoms with Gasteiger partial charge in [0.1, 0.15) is 0 Å². The summed E-state index contributed by atoms with van der Waals surface area (Å²) in [7, 11) is 0. The average Bonchev–Trinajstić information content (AvgIpc) is 2.61. The van der Waals surface area contributed by atoms with Crippen LogP contribution in [0, 0.1) is 13.8 Å². The number of rotatable bonds is 5. The van der Waals surface area contributed by atoms with E-state index in [1.807, 2.05) is 48.5 Å². The Morgan fingerprint density at radius 2 is 1.60 bits per heavy atom. The number of para-hydroxylation sites is 1. The zero-order valence-electron chi connectivity index (χ0n) is 14.5. The summed E-state index contributed by atoms with van der Waals surface area (Å²) in [6, 6.07) is 24.3. The molecule has 3 heteroatoms. The molecule has 0 fully saturated rings. The summed E-state index contributed by atoms with van der Waals surface area (Å²) in [5.41, 5.74) is 4.35. The Balaban J connectivity index is 1.72. The van der Waals surface area contributed by atoms with Crippen molar-refractivity contribution in [3.63, 3.8) is 0 Å². The fourth-order valence-corrected chi connectivity index (χ4v) is 3.49. The van der Waals surface area contributed by atoms with E-state index in [1.54, 1.807) is 11.8 Å². The molecular formula is C22H21NOS. The first kappa shape index (κ1) is 17.3. The van der Waals surface area contributed by atoms with E-state index < -0.39 is 0 Å². The van der Waals surface area contributed by atoms with Gasteiger partial charge in [-0.05, 0) is 54.8 Å². The van der Waals surface area contributed by atoms with Gasteiger partial charge in [-0.1, -0.05) is 60.3 Å². The van der Waals surface area contributed by atoms with Crippen molar-refractivity contribution in [2.24, 2.45) is 0 Å². The lowest BCUT2D eigenvalue weighted by atomic mass is 10.0. The second-order valence-corrected chi connectivity index (χ2v) is 7.17. The summed E-state index contributed by atoms with van der Waals surface area (Å²) >= 11 is 1.65. The molecule has 0 unspecified atom stereocenters. The van der Waals surface area contributed by atoms with Gasteiger partial charge in [0.15, 0.2) is 0 Å². The average molecular weight is 347 g/mol. The fraction of sp³-hybridized carbons (Fsp3) is 0.136. The Hall–Kier alpha value is -2.52. The van der Waals surface area contributed by atoms with Crippen molar-refractivity contribution in [3.8, 4) is 0 Å². The van der Waals surface area contributed by atoms with E-state index in [9.17, 15) is 4.79 Å². The predicted molar refractivity (Wildman–Crippen MR) is 105 cm³/mol. The summed E-state index contributed by atoms with van der Waals surface area (Å²) in [4.78, 5) is 14.7. The van der Waals surface area contributed by atoms with E-state index in [1.165, 1.54) is 11.1 Å². The normalized spacial score (nSPS) is 10.5. The molecule has 1 N–H and O–H groups in total. The minimum absolute atomic E-state index is 0.00404. The third-order valence-corrected chi connectivity index (χ3v) is 5.15. The monoisotopic (exact) mass is 347 g/mol. The molecule has 0 atom stereocenters. The molecule has 0 aromatic heterocycles. The van der Waals surface area contributed by atoms with Crippen molar-refractivity contribution in [3.05, 3.63) is 89.5 Å². The first-order valence-corrected chi connectivity index (χ1v) is 9.11. The van der Waals surface area contributed by atoms with Crippen molar-refractivity contribution in [2.45, 2.75) is 30.1 Å². The molecule has 0 aliphatic carbocycles. The van der Waals surface area contributed by atoms with Crippen LogP contribution in [0.25, 0.3) is 0 Å². The van der Waals surface area contributed by atoms with Gasteiger partial charge in [0.25, 0.3) is 0 Å². The smallest absolute Gasteiger partial charge is 0.228 e. The highest BCUT2D eigenvalue weighted by Gasteiger charge is 2.09. The number of carbonyl (C=O) groups is 1. The molecular weight excluding hydrogens is 326 g/mol. The van der Waals surface area contributed by atoms with Crippen LogP contribution in [0.3, 0.4) is 0 Å². The molecule has 3 aromatic rings. The molecule has 1 amide bonds. The lowest BCUT2D eigenvalue weighted by molar-refractivity contribution is -0.115. The number of anilines is 1. The molecule has 0 bridgehead atoms. The van der Waals surface area contributed by atoms with Crippen LogP contribution in [-0.2, 0) is 11.2 Å². The highest BCUT2D eigenvalue weighted by Crippen LogP contribution is 2.33. The number of amides is 1. The molecule has 25 heavy (non-hydrogen) atoms. The minimum Gasteiger partial charge on any atom is -0.325 e. The molecule has 0 spiro atoms. The largest absolute Gasteiger partial charge is 0.325 e. The summed E-state index contributed by atoms with van der Waals surface area (Å²) in [6.07, 6.45) is 0.380. The second kappa shape index (κ2) is 8.04. The molecule has 2 nitrogen and oxygen atoms in total. The molecule has 0 aliphatic heterocycles. The van der Waals surface area contributed by atoms with Gasteiger partial charge < -0.3 is 5.32 Å². The molecule has 3 rings (SSSR count). The number of benzene rings is 3. The first-order chi connectivity index (χ1) is 12.1. The van der Waals surface area contributed by atoms with Crippen LogP contribution >= 0.6 is 11.8 Å². The maximum atomic E-state index is 12.5. The van der Waals surface area contributed by atoms with Gasteiger partial charge in [-0.3, -0.25) is 4.79 Å². The van der Waals surface area contributed by atoms with Crippen molar-refractivity contribution >= 4 is 23.4 Å². The number of aryl methyl sites for hydroxylation is 2. The zero-order valence-corrected chi connectivity index (χ0v) is 15.3. The molecule has 0 saturated heterocycles. The minimum atomic E-state index is 0.00404. The quantitative estimate of drug-likeness (QED) is 0.647. The van der Waals surface area contributed by atoms with E-state index >= 15 is 0 Å². The van der Waals surface area contributed by atoms with Gasteiger partial charge in [0.05, 0.1) is 12.1 Å². The SMILES string of the molecule is Cc1ccc(CC(=O)Nc2ccccc2Sc2ccccc2)cc1C. The van der Waals surface area contributed by atoms with Crippen molar-refractivity contribution < 1.29 is 4.79 Å². The topological polar surface area (TPSA) is 29.1 Å². The summed E-state index contributed by atoms with van der Waals surface area (Å²) in [6.45, 7) is 4.15. The molecule has 0 aliphatic rings. The van der Waals surface area contributed by atoms with Gasteiger partial charge in [0, 0.05) is 9.79 Å². The molecule has 126 valence electrons. The van der Waals surface area contributed by atoms with Gasteiger partial charge in [-0.15, -0.1) is 0 Å². The van der Waals surface area contributed by atoms with E-state index in [2.05, 4.69) is 43.4 Å². The van der Waals surface area contributed by atoms with Gasteiger partial charge >= 0.3 is 0 Å². The van der Waals surface area contributed by atoms with Crippen molar-refractivity contribution in [1.82, 2.24) is 0 Å². The Morgan fingerprint density at radius 3 is 2.36 bits per heavy atom. The van der Waals surface area contributed by atoms with Gasteiger partial charge in [-0.2, -0.15) is 0 Å². The third kappa shape index (κ3) is 4.74. The summed E-state index contributed by atoms with van der Waals surface area (Å²) in [5, 5.41) is 3.05.